The highest BCUT2D eigenvalue weighted by Crippen LogP contribution is 2.33. The van der Waals surface area contributed by atoms with Crippen LogP contribution in [0.3, 0.4) is 0 Å². The van der Waals surface area contributed by atoms with Gasteiger partial charge in [0.2, 0.25) is 5.24 Å². The topological polar surface area (TPSA) is 43.1 Å². The Morgan fingerprint density at radius 3 is 2.40 bits per heavy atom. The smallest absolute Gasteiger partial charge is 0.231 e. The Morgan fingerprint density at radius 1 is 1.40 bits per heavy atom. The molecule has 1 aromatic rings. The first-order chi connectivity index (χ1) is 6.78. The van der Waals surface area contributed by atoms with Crippen LogP contribution in [0, 0.1) is 11.6 Å². The van der Waals surface area contributed by atoms with Crippen LogP contribution in [0.4, 0.5) is 14.5 Å². The first-order valence-corrected chi connectivity index (χ1v) is 4.60. The minimum atomic E-state index is -1.35. The second-order valence-electron chi connectivity index (χ2n) is 3.72. The predicted molar refractivity (Wildman–Crippen MR) is 54.7 cm³/mol. The number of hydrogen-bond acceptors (Lipinski definition) is 2. The summed E-state index contributed by atoms with van der Waals surface area (Å²) in [6, 6.07) is 2.11. The van der Waals surface area contributed by atoms with E-state index in [0.29, 0.717) is 0 Å². The first kappa shape index (κ1) is 11.9. The summed E-state index contributed by atoms with van der Waals surface area (Å²) in [7, 11) is 0. The molecule has 0 radical (unpaired) electrons. The third kappa shape index (κ3) is 1.95. The third-order valence-corrected chi connectivity index (χ3v) is 2.72. The van der Waals surface area contributed by atoms with Crippen molar-refractivity contribution < 1.29 is 13.6 Å². The van der Waals surface area contributed by atoms with Crippen LogP contribution < -0.4 is 5.73 Å². The maximum atomic E-state index is 13.5. The molecule has 0 aliphatic rings. The maximum absolute atomic E-state index is 13.5. The van der Waals surface area contributed by atoms with Crippen LogP contribution in [0.2, 0.25) is 0 Å². The molecule has 5 heteroatoms. The van der Waals surface area contributed by atoms with Gasteiger partial charge in [0.15, 0.2) is 11.6 Å². The van der Waals surface area contributed by atoms with Crippen LogP contribution in [-0.2, 0) is 10.2 Å². The Bertz CT molecular complexity index is 418. The van der Waals surface area contributed by atoms with E-state index < -0.39 is 22.3 Å². The van der Waals surface area contributed by atoms with E-state index in [1.807, 2.05) is 0 Å². The Morgan fingerprint density at radius 2 is 1.93 bits per heavy atom. The number of halogens is 3. The van der Waals surface area contributed by atoms with Gasteiger partial charge >= 0.3 is 0 Å². The van der Waals surface area contributed by atoms with E-state index in [4.69, 9.17) is 17.3 Å². The lowest BCUT2D eigenvalue weighted by molar-refractivity contribution is -0.115. The molecule has 0 unspecified atom stereocenters. The van der Waals surface area contributed by atoms with Crippen molar-refractivity contribution >= 4 is 22.5 Å². The molecule has 0 atom stereocenters. The quantitative estimate of drug-likeness (QED) is 0.630. The molecule has 1 rings (SSSR count). The zero-order chi connectivity index (χ0) is 11.8. The number of nitrogens with two attached hydrogens (primary N) is 1. The molecule has 0 aromatic heterocycles. The lowest BCUT2D eigenvalue weighted by Gasteiger charge is -2.22. The minimum absolute atomic E-state index is 0.00731. The van der Waals surface area contributed by atoms with Gasteiger partial charge in [0, 0.05) is 11.3 Å². The van der Waals surface area contributed by atoms with E-state index in [1.54, 1.807) is 0 Å². The van der Waals surface area contributed by atoms with Crippen molar-refractivity contribution in [2.24, 2.45) is 0 Å². The molecule has 2 N–H and O–H groups in total. The van der Waals surface area contributed by atoms with Gasteiger partial charge in [-0.05, 0) is 37.6 Å². The maximum Gasteiger partial charge on any atom is 0.231 e. The summed E-state index contributed by atoms with van der Waals surface area (Å²) < 4.78 is 26.4. The molecule has 0 aliphatic heterocycles. The van der Waals surface area contributed by atoms with Crippen molar-refractivity contribution in [3.8, 4) is 0 Å². The van der Waals surface area contributed by atoms with Crippen molar-refractivity contribution in [2.45, 2.75) is 19.3 Å². The molecule has 2 nitrogen and oxygen atoms in total. The van der Waals surface area contributed by atoms with Crippen molar-refractivity contribution in [2.75, 3.05) is 5.73 Å². The molecule has 0 amide bonds. The Hall–Kier alpha value is -1.16. The van der Waals surface area contributed by atoms with Crippen molar-refractivity contribution in [1.82, 2.24) is 0 Å². The number of hydrogen-bond donors (Lipinski definition) is 1. The van der Waals surface area contributed by atoms with E-state index in [1.165, 1.54) is 19.9 Å². The molecule has 0 saturated heterocycles. The van der Waals surface area contributed by atoms with Crippen molar-refractivity contribution in [3.05, 3.63) is 29.3 Å². The standard InChI is InChI=1S/C10H10ClF2NO/c1-10(2,9(11)15)7-6(14)4-3-5(12)8(7)13/h3-4H,14H2,1-2H3. The lowest BCUT2D eigenvalue weighted by Crippen LogP contribution is -2.28. The average molecular weight is 234 g/mol. The van der Waals surface area contributed by atoms with Gasteiger partial charge in [0.25, 0.3) is 0 Å². The lowest BCUT2D eigenvalue weighted by atomic mass is 9.84. The minimum Gasteiger partial charge on any atom is -0.398 e. The zero-order valence-corrected chi connectivity index (χ0v) is 9.03. The van der Waals surface area contributed by atoms with Gasteiger partial charge in [-0.1, -0.05) is 0 Å². The van der Waals surface area contributed by atoms with Gasteiger partial charge in [-0.15, -0.1) is 0 Å². The number of benzene rings is 1. The molecule has 0 fully saturated rings. The van der Waals surface area contributed by atoms with Crippen LogP contribution in [0.5, 0.6) is 0 Å². The Labute approximate surface area is 91.0 Å². The van der Waals surface area contributed by atoms with E-state index in [-0.39, 0.29) is 11.3 Å². The Balaban J connectivity index is 3.49. The predicted octanol–water partition coefficient (Wildman–Crippen LogP) is 2.59. The fourth-order valence-electron chi connectivity index (χ4n) is 1.30. The fourth-order valence-corrected chi connectivity index (χ4v) is 1.39. The highest BCUT2D eigenvalue weighted by atomic mass is 35.5. The van der Waals surface area contributed by atoms with Crippen LogP contribution in [-0.4, -0.2) is 5.24 Å². The summed E-state index contributed by atoms with van der Waals surface area (Å²) in [4.78, 5) is 11.1. The molecule has 0 bridgehead atoms. The van der Waals surface area contributed by atoms with Gasteiger partial charge in [-0.25, -0.2) is 8.78 Å². The average Bonchev–Trinajstić information content (AvgIpc) is 2.11. The van der Waals surface area contributed by atoms with Crippen LogP contribution in [0.25, 0.3) is 0 Å². The summed E-state index contributed by atoms with van der Waals surface area (Å²) >= 11 is 5.32. The molecule has 0 spiro atoms. The van der Waals surface area contributed by atoms with Crippen LogP contribution >= 0.6 is 11.6 Å². The number of carbonyl (C=O) groups is 1. The number of nitrogen functional groups attached to an aromatic ring is 1. The molecule has 15 heavy (non-hydrogen) atoms. The van der Waals surface area contributed by atoms with E-state index in [9.17, 15) is 13.6 Å². The van der Waals surface area contributed by atoms with Gasteiger partial charge in [0.05, 0.1) is 5.41 Å². The fraction of sp³-hybridized carbons (Fsp3) is 0.300. The normalized spacial score (nSPS) is 11.5. The highest BCUT2D eigenvalue weighted by molar-refractivity contribution is 6.65. The summed E-state index contributed by atoms with van der Waals surface area (Å²) in [6.45, 7) is 2.77. The summed E-state index contributed by atoms with van der Waals surface area (Å²) in [5, 5.41) is -0.793. The van der Waals surface area contributed by atoms with Crippen molar-refractivity contribution in [3.63, 3.8) is 0 Å². The van der Waals surface area contributed by atoms with Gasteiger partial charge < -0.3 is 5.73 Å². The second kappa shape index (κ2) is 3.77. The van der Waals surface area contributed by atoms with Gasteiger partial charge in [0.1, 0.15) is 0 Å². The molecule has 0 aliphatic carbocycles. The SMILES string of the molecule is CC(C)(C(=O)Cl)c1c(N)ccc(F)c1F. The Kier molecular flexibility index (Phi) is 3.00. The van der Waals surface area contributed by atoms with Gasteiger partial charge in [-0.3, -0.25) is 4.79 Å². The summed E-state index contributed by atoms with van der Waals surface area (Å²) in [6.07, 6.45) is 0. The van der Waals surface area contributed by atoms with Crippen molar-refractivity contribution in [1.29, 1.82) is 0 Å². The van der Waals surface area contributed by atoms with Crippen LogP contribution in [0.15, 0.2) is 12.1 Å². The number of carbonyl (C=O) groups excluding carboxylic acids is 1. The largest absolute Gasteiger partial charge is 0.398 e. The van der Waals surface area contributed by atoms with Gasteiger partial charge in [-0.2, -0.15) is 0 Å². The number of anilines is 1. The summed E-state index contributed by atoms with van der Waals surface area (Å²) in [5.74, 6) is -2.18. The van der Waals surface area contributed by atoms with E-state index in [0.717, 1.165) is 6.07 Å². The van der Waals surface area contributed by atoms with E-state index >= 15 is 0 Å². The molecule has 1 aromatic carbocycles. The summed E-state index contributed by atoms with van der Waals surface area (Å²) in [5.41, 5.74) is 3.95. The third-order valence-electron chi connectivity index (χ3n) is 2.24. The molecule has 0 saturated carbocycles. The molecule has 82 valence electrons. The van der Waals surface area contributed by atoms with E-state index in [2.05, 4.69) is 0 Å². The second-order valence-corrected chi connectivity index (χ2v) is 4.07. The van der Waals surface area contributed by atoms with Crippen LogP contribution in [0.1, 0.15) is 19.4 Å². The molecular weight excluding hydrogens is 224 g/mol. The number of rotatable bonds is 2. The zero-order valence-electron chi connectivity index (χ0n) is 8.27. The highest BCUT2D eigenvalue weighted by Gasteiger charge is 2.34. The monoisotopic (exact) mass is 233 g/mol. The molecular formula is C10H10ClF2NO. The molecule has 0 heterocycles. The first-order valence-electron chi connectivity index (χ1n) is 4.22.